The minimum absolute atomic E-state index is 0.960. The van der Waals surface area contributed by atoms with Crippen LogP contribution in [0.4, 0.5) is 0 Å². The second-order valence-electron chi connectivity index (χ2n) is 1.93. The lowest BCUT2D eigenvalue weighted by atomic mass is 10.5. The van der Waals surface area contributed by atoms with Gasteiger partial charge in [-0.25, -0.2) is 0 Å². The molecule has 8 heavy (non-hydrogen) atoms. The zero-order valence-corrected chi connectivity index (χ0v) is 5.04. The number of hydrogen-bond donors (Lipinski definition) is 3. The highest BCUT2D eigenvalue weighted by molar-refractivity contribution is 4.57. The Morgan fingerprint density at radius 2 is 1.12 bits per heavy atom. The van der Waals surface area contributed by atoms with E-state index < -0.39 is 0 Å². The molecule has 0 aromatic carbocycles. The number of rotatable bonds is 0. The molecule has 0 amide bonds. The van der Waals surface area contributed by atoms with Crippen LogP contribution in [0, 0.1) is 0 Å². The summed E-state index contributed by atoms with van der Waals surface area (Å²) in [5.41, 5.74) is 0. The maximum Gasteiger partial charge on any atom is 0.0455 e. The summed E-state index contributed by atoms with van der Waals surface area (Å²) < 4.78 is 0. The van der Waals surface area contributed by atoms with E-state index in [4.69, 9.17) is 0 Å². The largest absolute Gasteiger partial charge is 0.314 e. The zero-order valence-electron chi connectivity index (χ0n) is 5.04. The molecule has 1 fully saturated rings. The molecule has 0 radical (unpaired) electrons. The van der Waals surface area contributed by atoms with E-state index in [9.17, 15) is 0 Å². The Hall–Kier alpha value is -0.120. The summed E-state index contributed by atoms with van der Waals surface area (Å²) >= 11 is 0. The molecule has 0 aromatic rings. The molecular formula is C5H13N3. The van der Waals surface area contributed by atoms with Gasteiger partial charge in [0.15, 0.2) is 0 Å². The molecule has 0 spiro atoms. The molecule has 48 valence electrons. The fourth-order valence-electron chi connectivity index (χ4n) is 0.744. The summed E-state index contributed by atoms with van der Waals surface area (Å²) in [5.74, 6) is 0. The van der Waals surface area contributed by atoms with Crippen molar-refractivity contribution in [2.45, 2.75) is 0 Å². The van der Waals surface area contributed by atoms with E-state index in [1.807, 2.05) is 0 Å². The third kappa shape index (κ3) is 2.26. The van der Waals surface area contributed by atoms with Gasteiger partial charge >= 0.3 is 0 Å². The maximum atomic E-state index is 3.26. The molecule has 1 rings (SSSR count). The topological polar surface area (TPSA) is 36.1 Å². The monoisotopic (exact) mass is 115 g/mol. The molecule has 0 atom stereocenters. The molecule has 0 aliphatic carbocycles. The van der Waals surface area contributed by atoms with Gasteiger partial charge in [0.05, 0.1) is 0 Å². The zero-order chi connectivity index (χ0) is 5.66. The quantitative estimate of drug-likeness (QED) is 0.368. The van der Waals surface area contributed by atoms with Crippen LogP contribution in [-0.2, 0) is 0 Å². The Morgan fingerprint density at radius 1 is 0.625 bits per heavy atom. The van der Waals surface area contributed by atoms with Crippen LogP contribution < -0.4 is 16.0 Å². The Morgan fingerprint density at radius 3 is 1.75 bits per heavy atom. The van der Waals surface area contributed by atoms with Crippen LogP contribution in [0.2, 0.25) is 0 Å². The second-order valence-corrected chi connectivity index (χ2v) is 1.93. The van der Waals surface area contributed by atoms with E-state index in [-0.39, 0.29) is 0 Å². The summed E-state index contributed by atoms with van der Waals surface area (Å²) in [6.45, 7) is 5.31. The van der Waals surface area contributed by atoms with E-state index in [0.717, 1.165) is 32.8 Å². The Balaban J connectivity index is 2.00. The molecule has 0 saturated carbocycles. The van der Waals surface area contributed by atoms with Crippen LogP contribution in [0.15, 0.2) is 0 Å². The lowest BCUT2D eigenvalue weighted by Gasteiger charge is -2.11. The number of hydrogen-bond acceptors (Lipinski definition) is 3. The van der Waals surface area contributed by atoms with E-state index in [0.29, 0.717) is 0 Å². The standard InChI is InChI=1S/C5H13N3/c1-3-7-5-8-4-2-6-1/h6-8H,1-5H2. The van der Waals surface area contributed by atoms with E-state index in [2.05, 4.69) is 16.0 Å². The normalized spacial score (nSPS) is 24.0. The van der Waals surface area contributed by atoms with Crippen molar-refractivity contribution in [3.63, 3.8) is 0 Å². The van der Waals surface area contributed by atoms with Gasteiger partial charge in [-0.15, -0.1) is 0 Å². The highest BCUT2D eigenvalue weighted by Gasteiger charge is 1.91. The minimum Gasteiger partial charge on any atom is -0.314 e. The third-order valence-electron chi connectivity index (χ3n) is 1.21. The van der Waals surface area contributed by atoms with Gasteiger partial charge in [0.25, 0.3) is 0 Å². The molecule has 0 unspecified atom stereocenters. The van der Waals surface area contributed by atoms with Crippen molar-refractivity contribution in [2.24, 2.45) is 0 Å². The molecule has 1 aliphatic heterocycles. The van der Waals surface area contributed by atoms with Crippen LogP contribution in [0.25, 0.3) is 0 Å². The lowest BCUT2D eigenvalue weighted by molar-refractivity contribution is 0.508. The highest BCUT2D eigenvalue weighted by atomic mass is 15.1. The summed E-state index contributed by atoms with van der Waals surface area (Å²) in [7, 11) is 0. The van der Waals surface area contributed by atoms with Gasteiger partial charge in [0.1, 0.15) is 0 Å². The SMILES string of the molecule is C1CNCNCCN1. The molecule has 3 N–H and O–H groups in total. The van der Waals surface area contributed by atoms with Gasteiger partial charge in [-0.2, -0.15) is 0 Å². The highest BCUT2D eigenvalue weighted by Crippen LogP contribution is 1.63. The smallest absolute Gasteiger partial charge is 0.0455 e. The summed E-state index contributed by atoms with van der Waals surface area (Å²) in [6, 6.07) is 0. The predicted octanol–water partition coefficient (Wildman–Crippen LogP) is -1.27. The summed E-state index contributed by atoms with van der Waals surface area (Å²) in [4.78, 5) is 0. The first kappa shape index (κ1) is 6.01. The van der Waals surface area contributed by atoms with E-state index in [1.54, 1.807) is 0 Å². The van der Waals surface area contributed by atoms with E-state index >= 15 is 0 Å². The molecule has 1 saturated heterocycles. The minimum atomic E-state index is 0.960. The molecule has 0 bridgehead atoms. The molecule has 0 aromatic heterocycles. The van der Waals surface area contributed by atoms with Crippen molar-refractivity contribution in [3.8, 4) is 0 Å². The first-order valence-electron chi connectivity index (χ1n) is 3.12. The predicted molar refractivity (Wildman–Crippen MR) is 33.7 cm³/mol. The van der Waals surface area contributed by atoms with Crippen molar-refractivity contribution >= 4 is 0 Å². The second kappa shape index (κ2) is 3.83. The third-order valence-corrected chi connectivity index (χ3v) is 1.21. The van der Waals surface area contributed by atoms with Gasteiger partial charge in [0, 0.05) is 32.8 Å². The van der Waals surface area contributed by atoms with Crippen molar-refractivity contribution < 1.29 is 0 Å². The summed E-state index contributed by atoms with van der Waals surface area (Å²) in [6.07, 6.45) is 0. The average Bonchev–Trinajstić information content (AvgIpc) is 1.62. The van der Waals surface area contributed by atoms with Gasteiger partial charge in [0.2, 0.25) is 0 Å². The first-order valence-corrected chi connectivity index (χ1v) is 3.12. The van der Waals surface area contributed by atoms with Gasteiger partial charge in [-0.05, 0) is 0 Å². The van der Waals surface area contributed by atoms with Crippen LogP contribution in [-0.4, -0.2) is 32.8 Å². The molecular weight excluding hydrogens is 102 g/mol. The lowest BCUT2D eigenvalue weighted by Crippen LogP contribution is -2.41. The van der Waals surface area contributed by atoms with Gasteiger partial charge < -0.3 is 16.0 Å². The first-order chi connectivity index (χ1) is 4.00. The van der Waals surface area contributed by atoms with Crippen molar-refractivity contribution in [2.75, 3.05) is 32.8 Å². The van der Waals surface area contributed by atoms with Gasteiger partial charge in [-0.1, -0.05) is 0 Å². The van der Waals surface area contributed by atoms with Crippen LogP contribution in [0.5, 0.6) is 0 Å². The molecule has 3 nitrogen and oxygen atoms in total. The van der Waals surface area contributed by atoms with Crippen LogP contribution in [0.1, 0.15) is 0 Å². The van der Waals surface area contributed by atoms with Gasteiger partial charge in [-0.3, -0.25) is 0 Å². The van der Waals surface area contributed by atoms with Crippen LogP contribution in [0.3, 0.4) is 0 Å². The average molecular weight is 115 g/mol. The Labute approximate surface area is 49.8 Å². The molecule has 1 heterocycles. The Bertz CT molecular complexity index is 31.6. The van der Waals surface area contributed by atoms with Crippen molar-refractivity contribution in [3.05, 3.63) is 0 Å². The molecule has 3 heteroatoms. The fourth-order valence-corrected chi connectivity index (χ4v) is 0.744. The Kier molecular flexibility index (Phi) is 2.88. The van der Waals surface area contributed by atoms with Crippen molar-refractivity contribution in [1.29, 1.82) is 0 Å². The fraction of sp³-hybridized carbons (Fsp3) is 1.00. The van der Waals surface area contributed by atoms with Crippen LogP contribution >= 0.6 is 0 Å². The van der Waals surface area contributed by atoms with E-state index in [1.165, 1.54) is 0 Å². The maximum absolute atomic E-state index is 3.26. The van der Waals surface area contributed by atoms with Crippen molar-refractivity contribution in [1.82, 2.24) is 16.0 Å². The summed E-state index contributed by atoms with van der Waals surface area (Å²) in [5, 5.41) is 9.69. The molecule has 1 aliphatic rings. The number of nitrogens with one attached hydrogen (secondary N) is 3.